The first-order chi connectivity index (χ1) is 7.75. The maximum Gasteiger partial charge on any atom is 0.126 e. The second-order valence-electron chi connectivity index (χ2n) is 5.13. The summed E-state index contributed by atoms with van der Waals surface area (Å²) in [5.74, 6) is 0.855. The Kier molecular flexibility index (Phi) is 2.39. The topological polar surface area (TPSA) is 47.1 Å². The molecule has 0 saturated heterocycles. The molecule has 1 fully saturated rings. The van der Waals surface area contributed by atoms with Gasteiger partial charge in [0.05, 0.1) is 5.69 Å². The number of rotatable bonds is 1. The molecule has 1 saturated carbocycles. The van der Waals surface area contributed by atoms with Crippen molar-refractivity contribution < 1.29 is 0 Å². The summed E-state index contributed by atoms with van der Waals surface area (Å²) < 4.78 is 1.81. The van der Waals surface area contributed by atoms with Gasteiger partial charge in [-0.2, -0.15) is 5.10 Å². The Morgan fingerprint density at radius 1 is 1.19 bits per heavy atom. The highest BCUT2D eigenvalue weighted by Gasteiger charge is 2.30. The molecular formula is C12H20N4. The van der Waals surface area contributed by atoms with Crippen molar-refractivity contribution in [1.82, 2.24) is 14.7 Å². The van der Waals surface area contributed by atoms with Gasteiger partial charge in [0.15, 0.2) is 0 Å². The molecule has 16 heavy (non-hydrogen) atoms. The number of aryl methyl sites for hydroxylation is 1. The van der Waals surface area contributed by atoms with Crippen molar-refractivity contribution in [3.8, 4) is 0 Å². The predicted molar refractivity (Wildman–Crippen MR) is 63.7 cm³/mol. The molecule has 1 aromatic rings. The molecule has 88 valence electrons. The molecule has 2 heterocycles. The summed E-state index contributed by atoms with van der Waals surface area (Å²) in [7, 11) is 1.93. The van der Waals surface area contributed by atoms with Gasteiger partial charge in [0.1, 0.15) is 5.82 Å². The van der Waals surface area contributed by atoms with Gasteiger partial charge in [-0.25, -0.2) is 0 Å². The van der Waals surface area contributed by atoms with Crippen LogP contribution >= 0.6 is 0 Å². The molecule has 0 spiro atoms. The van der Waals surface area contributed by atoms with Crippen molar-refractivity contribution in [1.29, 1.82) is 0 Å². The number of nitrogens with zero attached hydrogens (tertiary/aromatic N) is 3. The van der Waals surface area contributed by atoms with E-state index in [4.69, 9.17) is 5.73 Å². The van der Waals surface area contributed by atoms with E-state index in [2.05, 4.69) is 10.00 Å². The first-order valence-corrected chi connectivity index (χ1v) is 6.30. The molecule has 0 bridgehead atoms. The molecule has 0 unspecified atom stereocenters. The zero-order valence-electron chi connectivity index (χ0n) is 9.95. The SMILES string of the molecule is Cn1nc2c(c1N)CN(C1CCCCC1)C2. The van der Waals surface area contributed by atoms with Crippen LogP contribution in [0.2, 0.25) is 0 Å². The maximum absolute atomic E-state index is 6.02. The first-order valence-electron chi connectivity index (χ1n) is 6.30. The fourth-order valence-electron chi connectivity index (χ4n) is 3.09. The smallest absolute Gasteiger partial charge is 0.126 e. The second-order valence-corrected chi connectivity index (χ2v) is 5.13. The van der Waals surface area contributed by atoms with Gasteiger partial charge < -0.3 is 5.73 Å². The van der Waals surface area contributed by atoms with E-state index < -0.39 is 0 Å². The fraction of sp³-hybridized carbons (Fsp3) is 0.750. The van der Waals surface area contributed by atoms with Gasteiger partial charge in [0.2, 0.25) is 0 Å². The third-order valence-electron chi connectivity index (χ3n) is 4.08. The summed E-state index contributed by atoms with van der Waals surface area (Å²) in [5.41, 5.74) is 8.49. The van der Waals surface area contributed by atoms with Crippen molar-refractivity contribution in [2.45, 2.75) is 51.2 Å². The molecule has 1 aromatic heterocycles. The van der Waals surface area contributed by atoms with E-state index >= 15 is 0 Å². The van der Waals surface area contributed by atoms with Gasteiger partial charge in [-0.05, 0) is 12.8 Å². The largest absolute Gasteiger partial charge is 0.384 e. The fourth-order valence-corrected chi connectivity index (χ4v) is 3.09. The second kappa shape index (κ2) is 3.77. The van der Waals surface area contributed by atoms with Gasteiger partial charge in [0, 0.05) is 31.7 Å². The molecule has 4 heteroatoms. The number of nitrogens with two attached hydrogens (primary N) is 1. The van der Waals surface area contributed by atoms with Crippen LogP contribution in [-0.4, -0.2) is 20.7 Å². The highest BCUT2D eigenvalue weighted by molar-refractivity contribution is 5.45. The summed E-state index contributed by atoms with van der Waals surface area (Å²) in [5, 5.41) is 4.49. The van der Waals surface area contributed by atoms with Crippen LogP contribution in [0, 0.1) is 0 Å². The minimum absolute atomic E-state index is 0.771. The number of hydrogen-bond donors (Lipinski definition) is 1. The molecule has 3 rings (SSSR count). The molecular weight excluding hydrogens is 200 g/mol. The molecule has 2 aliphatic rings. The van der Waals surface area contributed by atoms with Crippen LogP contribution in [0.1, 0.15) is 43.4 Å². The molecule has 0 amide bonds. The van der Waals surface area contributed by atoms with Crippen LogP contribution in [-0.2, 0) is 20.1 Å². The summed E-state index contributed by atoms with van der Waals surface area (Å²) >= 11 is 0. The lowest BCUT2D eigenvalue weighted by Gasteiger charge is -2.30. The lowest BCUT2D eigenvalue weighted by Crippen LogP contribution is -2.32. The van der Waals surface area contributed by atoms with Crippen LogP contribution < -0.4 is 5.73 Å². The maximum atomic E-state index is 6.02. The standard InChI is InChI=1S/C12H20N4/c1-15-12(13)10-7-16(8-11(10)14-15)9-5-3-2-4-6-9/h9H,2-8,13H2,1H3. The Labute approximate surface area is 96.4 Å². The van der Waals surface area contributed by atoms with E-state index in [9.17, 15) is 0 Å². The van der Waals surface area contributed by atoms with Crippen LogP contribution in [0.4, 0.5) is 5.82 Å². The molecule has 1 aliphatic carbocycles. The monoisotopic (exact) mass is 220 g/mol. The summed E-state index contributed by atoms with van der Waals surface area (Å²) in [6, 6.07) is 0.771. The van der Waals surface area contributed by atoms with E-state index in [0.29, 0.717) is 0 Å². The van der Waals surface area contributed by atoms with Gasteiger partial charge >= 0.3 is 0 Å². The number of nitrogen functional groups attached to an aromatic ring is 1. The molecule has 0 aromatic carbocycles. The third-order valence-corrected chi connectivity index (χ3v) is 4.08. The molecule has 0 atom stereocenters. The normalized spacial score (nSPS) is 22.6. The van der Waals surface area contributed by atoms with E-state index in [1.807, 2.05) is 11.7 Å². The molecule has 0 radical (unpaired) electrons. The lowest BCUT2D eigenvalue weighted by atomic mass is 9.94. The highest BCUT2D eigenvalue weighted by Crippen LogP contribution is 2.32. The van der Waals surface area contributed by atoms with Crippen molar-refractivity contribution in [2.24, 2.45) is 7.05 Å². The number of anilines is 1. The quantitative estimate of drug-likeness (QED) is 0.783. The zero-order valence-corrected chi connectivity index (χ0v) is 9.95. The van der Waals surface area contributed by atoms with Gasteiger partial charge in [-0.1, -0.05) is 19.3 Å². The van der Waals surface area contributed by atoms with Crippen molar-refractivity contribution in [3.63, 3.8) is 0 Å². The van der Waals surface area contributed by atoms with Crippen LogP contribution in [0.15, 0.2) is 0 Å². The lowest BCUT2D eigenvalue weighted by molar-refractivity contribution is 0.154. The Hall–Kier alpha value is -1.03. The summed E-state index contributed by atoms with van der Waals surface area (Å²) in [6.45, 7) is 2.02. The Morgan fingerprint density at radius 2 is 1.94 bits per heavy atom. The summed E-state index contributed by atoms with van der Waals surface area (Å²) in [6.07, 6.45) is 6.91. The number of fused-ring (bicyclic) bond motifs is 1. The van der Waals surface area contributed by atoms with Crippen LogP contribution in [0.25, 0.3) is 0 Å². The minimum atomic E-state index is 0.771. The van der Waals surface area contributed by atoms with Crippen molar-refractivity contribution in [3.05, 3.63) is 11.3 Å². The number of hydrogen-bond acceptors (Lipinski definition) is 3. The van der Waals surface area contributed by atoms with E-state index in [1.165, 1.54) is 43.4 Å². The minimum Gasteiger partial charge on any atom is -0.384 e. The Bertz CT molecular complexity index is 390. The highest BCUT2D eigenvalue weighted by atomic mass is 15.3. The molecule has 4 nitrogen and oxygen atoms in total. The van der Waals surface area contributed by atoms with Gasteiger partial charge in [-0.3, -0.25) is 9.58 Å². The average Bonchev–Trinajstić information content (AvgIpc) is 2.82. The predicted octanol–water partition coefficient (Wildman–Crippen LogP) is 1.65. The molecule has 1 aliphatic heterocycles. The number of aromatic nitrogens is 2. The van der Waals surface area contributed by atoms with Crippen LogP contribution in [0.3, 0.4) is 0 Å². The van der Waals surface area contributed by atoms with E-state index in [-0.39, 0.29) is 0 Å². The zero-order chi connectivity index (χ0) is 11.1. The molecule has 2 N–H and O–H groups in total. The van der Waals surface area contributed by atoms with E-state index in [1.54, 1.807) is 0 Å². The van der Waals surface area contributed by atoms with E-state index in [0.717, 1.165) is 24.9 Å². The summed E-state index contributed by atoms with van der Waals surface area (Å²) in [4.78, 5) is 2.56. The Morgan fingerprint density at radius 3 is 2.62 bits per heavy atom. The van der Waals surface area contributed by atoms with Crippen LogP contribution in [0.5, 0.6) is 0 Å². The van der Waals surface area contributed by atoms with Crippen molar-refractivity contribution >= 4 is 5.82 Å². The van der Waals surface area contributed by atoms with Gasteiger partial charge in [0.25, 0.3) is 0 Å². The van der Waals surface area contributed by atoms with Gasteiger partial charge in [-0.15, -0.1) is 0 Å². The first kappa shape index (κ1) is 10.1. The Balaban J connectivity index is 1.75. The van der Waals surface area contributed by atoms with Crippen molar-refractivity contribution in [2.75, 3.05) is 5.73 Å². The third kappa shape index (κ3) is 1.52. The average molecular weight is 220 g/mol.